The van der Waals surface area contributed by atoms with Crippen molar-refractivity contribution < 1.29 is 9.18 Å². The fourth-order valence-corrected chi connectivity index (χ4v) is 1.83. The summed E-state index contributed by atoms with van der Waals surface area (Å²) in [6.07, 6.45) is 2.88. The van der Waals surface area contributed by atoms with E-state index >= 15 is 0 Å². The quantitative estimate of drug-likeness (QED) is 0.598. The smallest absolute Gasteiger partial charge is 0.259 e. The molecular formula is C12H10BrFN4O. The molecule has 1 aromatic carbocycles. The number of halogens is 2. The molecule has 7 heteroatoms. The molecule has 0 fully saturated rings. The minimum Gasteiger partial charge on any atom is -0.323 e. The maximum atomic E-state index is 13.1. The van der Waals surface area contributed by atoms with Gasteiger partial charge < -0.3 is 10.7 Å². The van der Waals surface area contributed by atoms with Crippen LogP contribution in [0.15, 0.2) is 41.1 Å². The van der Waals surface area contributed by atoms with Crippen LogP contribution in [0.5, 0.6) is 0 Å². The number of nitrogens with zero attached hydrogens (tertiary/aromatic N) is 1. The van der Waals surface area contributed by atoms with Crippen LogP contribution in [0, 0.1) is 5.82 Å². The van der Waals surface area contributed by atoms with Crippen molar-refractivity contribution in [1.29, 1.82) is 0 Å². The van der Waals surface area contributed by atoms with Crippen molar-refractivity contribution in [2.24, 2.45) is 5.84 Å². The topological polar surface area (TPSA) is 80.0 Å². The fourth-order valence-electron chi connectivity index (χ4n) is 1.48. The van der Waals surface area contributed by atoms with Crippen LogP contribution in [0.2, 0.25) is 0 Å². The Morgan fingerprint density at radius 3 is 2.84 bits per heavy atom. The van der Waals surface area contributed by atoms with Crippen LogP contribution in [0.3, 0.4) is 0 Å². The summed E-state index contributed by atoms with van der Waals surface area (Å²) in [6.45, 7) is 0. The second-order valence-electron chi connectivity index (χ2n) is 3.64. The Bertz CT molecular complexity index is 620. The molecular weight excluding hydrogens is 315 g/mol. The Balaban J connectivity index is 2.28. The Kier molecular flexibility index (Phi) is 4.08. The van der Waals surface area contributed by atoms with Crippen molar-refractivity contribution in [3.8, 4) is 0 Å². The van der Waals surface area contributed by atoms with E-state index < -0.39 is 11.7 Å². The summed E-state index contributed by atoms with van der Waals surface area (Å²) >= 11 is 3.23. The van der Waals surface area contributed by atoms with Crippen LogP contribution in [-0.2, 0) is 0 Å². The van der Waals surface area contributed by atoms with Crippen LogP contribution in [-0.4, -0.2) is 10.9 Å². The van der Waals surface area contributed by atoms with E-state index in [1.54, 1.807) is 6.07 Å². The number of nitrogen functional groups attached to an aromatic ring is 1. The molecule has 1 amide bonds. The highest BCUT2D eigenvalue weighted by atomic mass is 79.9. The molecule has 0 unspecified atom stereocenters. The second kappa shape index (κ2) is 5.77. The number of amides is 1. The average molecular weight is 325 g/mol. The first kappa shape index (κ1) is 13.4. The van der Waals surface area contributed by atoms with Crippen molar-refractivity contribution in [2.45, 2.75) is 0 Å². The van der Waals surface area contributed by atoms with Gasteiger partial charge in [0, 0.05) is 16.9 Å². The number of pyridine rings is 1. The lowest BCUT2D eigenvalue weighted by Gasteiger charge is -2.10. The number of carbonyl (C=O) groups is 1. The summed E-state index contributed by atoms with van der Waals surface area (Å²) in [6, 6.07) is 5.58. The third-order valence-corrected chi connectivity index (χ3v) is 3.09. The first-order chi connectivity index (χ1) is 9.11. The number of benzene rings is 1. The molecule has 0 bridgehead atoms. The molecule has 5 nitrogen and oxygen atoms in total. The monoisotopic (exact) mass is 324 g/mol. The molecule has 0 atom stereocenters. The zero-order valence-electron chi connectivity index (χ0n) is 9.65. The highest BCUT2D eigenvalue weighted by molar-refractivity contribution is 9.10. The van der Waals surface area contributed by atoms with Crippen molar-refractivity contribution in [3.63, 3.8) is 0 Å². The zero-order chi connectivity index (χ0) is 13.8. The van der Waals surface area contributed by atoms with Gasteiger partial charge in [0.2, 0.25) is 0 Å². The van der Waals surface area contributed by atoms with Gasteiger partial charge in [-0.1, -0.05) is 0 Å². The largest absolute Gasteiger partial charge is 0.323 e. The molecule has 0 saturated heterocycles. The van der Waals surface area contributed by atoms with E-state index in [1.165, 1.54) is 30.6 Å². The first-order valence-corrected chi connectivity index (χ1v) is 6.08. The molecule has 19 heavy (non-hydrogen) atoms. The number of aromatic nitrogens is 1. The molecule has 0 spiro atoms. The van der Waals surface area contributed by atoms with Crippen LogP contribution < -0.4 is 16.6 Å². The SMILES string of the molecule is NNc1ccncc1C(=O)Nc1cc(F)ccc1Br. The van der Waals surface area contributed by atoms with Gasteiger partial charge in [0.1, 0.15) is 5.82 Å². The number of hydrogen-bond acceptors (Lipinski definition) is 4. The Hall–Kier alpha value is -1.99. The number of rotatable bonds is 3. The number of nitrogens with one attached hydrogen (secondary N) is 2. The highest BCUT2D eigenvalue weighted by Gasteiger charge is 2.13. The van der Waals surface area contributed by atoms with Gasteiger partial charge in [-0.2, -0.15) is 0 Å². The molecule has 4 N–H and O–H groups in total. The van der Waals surface area contributed by atoms with Crippen molar-refractivity contribution in [3.05, 3.63) is 52.5 Å². The minimum absolute atomic E-state index is 0.265. The van der Waals surface area contributed by atoms with Gasteiger partial charge in [-0.25, -0.2) is 4.39 Å². The van der Waals surface area contributed by atoms with Gasteiger partial charge >= 0.3 is 0 Å². The molecule has 98 valence electrons. The van der Waals surface area contributed by atoms with E-state index in [1.807, 2.05) is 0 Å². The van der Waals surface area contributed by atoms with E-state index in [0.29, 0.717) is 15.8 Å². The minimum atomic E-state index is -0.443. The molecule has 1 heterocycles. The predicted molar refractivity (Wildman–Crippen MR) is 74.1 cm³/mol. The van der Waals surface area contributed by atoms with Crippen LogP contribution in [0.4, 0.5) is 15.8 Å². The zero-order valence-corrected chi connectivity index (χ0v) is 11.2. The maximum Gasteiger partial charge on any atom is 0.259 e. The van der Waals surface area contributed by atoms with E-state index in [-0.39, 0.29) is 5.56 Å². The summed E-state index contributed by atoms with van der Waals surface area (Å²) in [5.74, 6) is 4.43. The Morgan fingerprint density at radius 2 is 2.11 bits per heavy atom. The average Bonchev–Trinajstić information content (AvgIpc) is 2.42. The van der Waals surface area contributed by atoms with Gasteiger partial charge in [-0.05, 0) is 40.2 Å². The van der Waals surface area contributed by atoms with Gasteiger partial charge in [-0.3, -0.25) is 15.6 Å². The summed E-state index contributed by atoms with van der Waals surface area (Å²) in [5.41, 5.74) is 3.43. The summed E-state index contributed by atoms with van der Waals surface area (Å²) in [5, 5.41) is 2.58. The predicted octanol–water partition coefficient (Wildman–Crippen LogP) is 2.52. The summed E-state index contributed by atoms with van der Waals surface area (Å²) in [7, 11) is 0. The third-order valence-electron chi connectivity index (χ3n) is 2.40. The lowest BCUT2D eigenvalue weighted by atomic mass is 10.2. The maximum absolute atomic E-state index is 13.1. The lowest BCUT2D eigenvalue weighted by molar-refractivity contribution is 0.102. The van der Waals surface area contributed by atoms with Gasteiger partial charge in [-0.15, -0.1) is 0 Å². The van der Waals surface area contributed by atoms with Crippen molar-refractivity contribution in [1.82, 2.24) is 4.98 Å². The van der Waals surface area contributed by atoms with E-state index in [4.69, 9.17) is 5.84 Å². The molecule has 0 aliphatic carbocycles. The molecule has 2 aromatic rings. The van der Waals surface area contributed by atoms with E-state index in [2.05, 4.69) is 31.7 Å². The summed E-state index contributed by atoms with van der Waals surface area (Å²) < 4.78 is 13.7. The van der Waals surface area contributed by atoms with Gasteiger partial charge in [0.05, 0.1) is 16.9 Å². The number of hydrazine groups is 1. The first-order valence-electron chi connectivity index (χ1n) is 5.29. The summed E-state index contributed by atoms with van der Waals surface area (Å²) in [4.78, 5) is 15.9. The third kappa shape index (κ3) is 3.07. The molecule has 0 radical (unpaired) electrons. The number of carbonyl (C=O) groups excluding carboxylic acids is 1. The van der Waals surface area contributed by atoms with Crippen molar-refractivity contribution in [2.75, 3.05) is 10.7 Å². The normalized spacial score (nSPS) is 10.1. The molecule has 0 aliphatic heterocycles. The van der Waals surface area contributed by atoms with Gasteiger partial charge in [0.15, 0.2) is 0 Å². The van der Waals surface area contributed by atoms with Crippen LogP contribution >= 0.6 is 15.9 Å². The second-order valence-corrected chi connectivity index (χ2v) is 4.50. The van der Waals surface area contributed by atoms with Gasteiger partial charge in [0.25, 0.3) is 5.91 Å². The molecule has 0 saturated carbocycles. The molecule has 0 aliphatic rings. The number of nitrogens with two attached hydrogens (primary N) is 1. The van der Waals surface area contributed by atoms with E-state index in [9.17, 15) is 9.18 Å². The van der Waals surface area contributed by atoms with E-state index in [0.717, 1.165) is 0 Å². The fraction of sp³-hybridized carbons (Fsp3) is 0. The Labute approximate surface area is 117 Å². The highest BCUT2D eigenvalue weighted by Crippen LogP contribution is 2.24. The standard InChI is InChI=1S/C12H10BrFN4O/c13-9-2-1-7(14)5-11(9)17-12(19)8-6-16-4-3-10(8)18-15/h1-6H,15H2,(H,16,18)(H,17,19). The van der Waals surface area contributed by atoms with Crippen LogP contribution in [0.25, 0.3) is 0 Å². The molecule has 2 rings (SSSR count). The Morgan fingerprint density at radius 1 is 1.32 bits per heavy atom. The number of anilines is 2. The number of hydrogen-bond donors (Lipinski definition) is 3. The van der Waals surface area contributed by atoms with Crippen molar-refractivity contribution >= 4 is 33.2 Å². The van der Waals surface area contributed by atoms with Crippen LogP contribution in [0.1, 0.15) is 10.4 Å². The molecule has 1 aromatic heterocycles. The lowest BCUT2D eigenvalue weighted by Crippen LogP contribution is -2.17.